The first-order valence-electron chi connectivity index (χ1n) is 7.25. The van der Waals surface area contributed by atoms with Crippen molar-refractivity contribution in [1.82, 2.24) is 10.6 Å². The summed E-state index contributed by atoms with van der Waals surface area (Å²) in [5.41, 5.74) is 0.0760. The summed E-state index contributed by atoms with van der Waals surface area (Å²) < 4.78 is 15.5. The Bertz CT molecular complexity index is 262. The van der Waals surface area contributed by atoms with Crippen LogP contribution in [-0.2, 0) is 19.0 Å². The van der Waals surface area contributed by atoms with Crippen molar-refractivity contribution in [3.63, 3.8) is 0 Å². The van der Waals surface area contributed by atoms with Crippen LogP contribution in [-0.4, -0.2) is 66.2 Å². The van der Waals surface area contributed by atoms with Gasteiger partial charge in [0, 0.05) is 32.6 Å². The summed E-state index contributed by atoms with van der Waals surface area (Å²) in [6, 6.07) is 0. The lowest BCUT2D eigenvalue weighted by Crippen LogP contribution is -2.47. The highest BCUT2D eigenvalue weighted by molar-refractivity contribution is 5.76. The van der Waals surface area contributed by atoms with Gasteiger partial charge in [-0.3, -0.25) is 4.79 Å². The standard InChI is InChI=1S/C14H28N2O4/c1-18-9-10-20-8-3-13(17)16-11-14(12-19-2)4-6-15-7-5-14/h15H,3-12H2,1-2H3,(H,16,17). The number of piperidine rings is 1. The number of carbonyl (C=O) groups excluding carboxylic acids is 1. The van der Waals surface area contributed by atoms with Crippen molar-refractivity contribution in [2.45, 2.75) is 19.3 Å². The first-order chi connectivity index (χ1) is 9.72. The smallest absolute Gasteiger partial charge is 0.222 e. The highest BCUT2D eigenvalue weighted by atomic mass is 16.5. The summed E-state index contributed by atoms with van der Waals surface area (Å²) in [6.07, 6.45) is 2.46. The molecule has 1 aliphatic heterocycles. The second kappa shape index (κ2) is 10.1. The molecule has 0 spiro atoms. The molecule has 0 aromatic carbocycles. The van der Waals surface area contributed by atoms with Gasteiger partial charge in [0.15, 0.2) is 0 Å². The Morgan fingerprint density at radius 3 is 2.55 bits per heavy atom. The van der Waals surface area contributed by atoms with Crippen LogP contribution in [0.3, 0.4) is 0 Å². The first-order valence-corrected chi connectivity index (χ1v) is 7.25. The van der Waals surface area contributed by atoms with Crippen molar-refractivity contribution < 1.29 is 19.0 Å². The SMILES string of the molecule is COCCOCCC(=O)NCC1(COC)CCNCC1. The number of hydrogen-bond donors (Lipinski definition) is 2. The number of nitrogens with one attached hydrogen (secondary N) is 2. The van der Waals surface area contributed by atoms with E-state index in [4.69, 9.17) is 14.2 Å². The van der Waals surface area contributed by atoms with E-state index in [1.54, 1.807) is 14.2 Å². The molecule has 1 rings (SSSR count). The summed E-state index contributed by atoms with van der Waals surface area (Å²) in [6.45, 7) is 4.88. The first kappa shape index (κ1) is 17.4. The van der Waals surface area contributed by atoms with E-state index < -0.39 is 0 Å². The maximum Gasteiger partial charge on any atom is 0.222 e. The molecule has 20 heavy (non-hydrogen) atoms. The molecule has 1 heterocycles. The van der Waals surface area contributed by atoms with Crippen molar-refractivity contribution in [1.29, 1.82) is 0 Å². The molecular formula is C14H28N2O4. The lowest BCUT2D eigenvalue weighted by atomic mass is 9.79. The number of hydrogen-bond acceptors (Lipinski definition) is 5. The van der Waals surface area contributed by atoms with Gasteiger partial charge in [-0.2, -0.15) is 0 Å². The molecule has 1 fully saturated rings. The quantitative estimate of drug-likeness (QED) is 0.561. The molecule has 0 aromatic rings. The zero-order chi connectivity index (χ0) is 14.7. The molecule has 1 amide bonds. The predicted molar refractivity (Wildman–Crippen MR) is 76.7 cm³/mol. The van der Waals surface area contributed by atoms with Crippen LogP contribution in [0, 0.1) is 5.41 Å². The van der Waals surface area contributed by atoms with Gasteiger partial charge >= 0.3 is 0 Å². The monoisotopic (exact) mass is 288 g/mol. The Morgan fingerprint density at radius 1 is 1.15 bits per heavy atom. The maximum atomic E-state index is 11.8. The third-order valence-corrected chi connectivity index (χ3v) is 3.68. The fraction of sp³-hybridized carbons (Fsp3) is 0.929. The van der Waals surface area contributed by atoms with Gasteiger partial charge in [-0.15, -0.1) is 0 Å². The molecule has 2 N–H and O–H groups in total. The van der Waals surface area contributed by atoms with Crippen LogP contribution in [0.25, 0.3) is 0 Å². The Balaban J connectivity index is 2.19. The molecule has 0 aliphatic carbocycles. The van der Waals surface area contributed by atoms with Gasteiger partial charge in [0.2, 0.25) is 5.91 Å². The Hall–Kier alpha value is -0.690. The summed E-state index contributed by atoms with van der Waals surface area (Å²) in [5.74, 6) is 0.0384. The molecule has 0 unspecified atom stereocenters. The summed E-state index contributed by atoms with van der Waals surface area (Å²) in [7, 11) is 3.35. The van der Waals surface area contributed by atoms with E-state index in [0.29, 0.717) is 39.4 Å². The number of carbonyl (C=O) groups is 1. The molecular weight excluding hydrogens is 260 g/mol. The fourth-order valence-electron chi connectivity index (χ4n) is 2.42. The van der Waals surface area contributed by atoms with Gasteiger partial charge in [-0.25, -0.2) is 0 Å². The number of amides is 1. The second-order valence-corrected chi connectivity index (χ2v) is 5.31. The third kappa shape index (κ3) is 6.65. The van der Waals surface area contributed by atoms with Crippen LogP contribution in [0.1, 0.15) is 19.3 Å². The van der Waals surface area contributed by atoms with Crippen LogP contribution in [0.2, 0.25) is 0 Å². The minimum atomic E-state index is 0.0384. The van der Waals surface area contributed by atoms with Crippen LogP contribution < -0.4 is 10.6 Å². The van der Waals surface area contributed by atoms with Gasteiger partial charge in [-0.1, -0.05) is 0 Å². The largest absolute Gasteiger partial charge is 0.384 e. The van der Waals surface area contributed by atoms with Crippen molar-refractivity contribution in [3.05, 3.63) is 0 Å². The summed E-state index contributed by atoms with van der Waals surface area (Å²) >= 11 is 0. The van der Waals surface area contributed by atoms with Crippen molar-refractivity contribution in [2.75, 3.05) is 60.3 Å². The van der Waals surface area contributed by atoms with Crippen LogP contribution >= 0.6 is 0 Å². The van der Waals surface area contributed by atoms with Gasteiger partial charge in [0.1, 0.15) is 0 Å². The fourth-order valence-corrected chi connectivity index (χ4v) is 2.42. The molecule has 0 saturated carbocycles. The molecule has 6 heteroatoms. The van der Waals surface area contributed by atoms with Crippen LogP contribution in [0.4, 0.5) is 0 Å². The molecule has 6 nitrogen and oxygen atoms in total. The van der Waals surface area contributed by atoms with Gasteiger partial charge in [-0.05, 0) is 25.9 Å². The minimum Gasteiger partial charge on any atom is -0.384 e. The Kier molecular flexibility index (Phi) is 8.77. The van der Waals surface area contributed by atoms with Crippen molar-refractivity contribution in [2.24, 2.45) is 5.41 Å². The average molecular weight is 288 g/mol. The predicted octanol–water partition coefficient (Wildman–Crippen LogP) is 0.172. The van der Waals surface area contributed by atoms with E-state index in [1.165, 1.54) is 0 Å². The van der Waals surface area contributed by atoms with E-state index in [9.17, 15) is 4.79 Å². The van der Waals surface area contributed by atoms with Crippen molar-refractivity contribution in [3.8, 4) is 0 Å². The van der Waals surface area contributed by atoms with E-state index >= 15 is 0 Å². The molecule has 0 atom stereocenters. The number of methoxy groups -OCH3 is 2. The summed E-state index contributed by atoms with van der Waals surface area (Å²) in [4.78, 5) is 11.8. The van der Waals surface area contributed by atoms with Gasteiger partial charge in [0.05, 0.1) is 26.4 Å². The molecule has 118 valence electrons. The highest BCUT2D eigenvalue weighted by Gasteiger charge is 2.32. The van der Waals surface area contributed by atoms with E-state index in [0.717, 1.165) is 25.9 Å². The van der Waals surface area contributed by atoms with E-state index in [1.807, 2.05) is 0 Å². The lowest BCUT2D eigenvalue weighted by molar-refractivity contribution is -0.123. The van der Waals surface area contributed by atoms with E-state index in [-0.39, 0.29) is 11.3 Å². The molecule has 1 aliphatic rings. The van der Waals surface area contributed by atoms with Crippen LogP contribution in [0.5, 0.6) is 0 Å². The number of ether oxygens (including phenoxy) is 3. The molecule has 1 saturated heterocycles. The normalized spacial score (nSPS) is 17.9. The second-order valence-electron chi connectivity index (χ2n) is 5.31. The lowest BCUT2D eigenvalue weighted by Gasteiger charge is -2.37. The molecule has 0 radical (unpaired) electrons. The average Bonchev–Trinajstić information content (AvgIpc) is 2.46. The third-order valence-electron chi connectivity index (χ3n) is 3.68. The molecule has 0 bridgehead atoms. The van der Waals surface area contributed by atoms with Crippen LogP contribution in [0.15, 0.2) is 0 Å². The zero-order valence-corrected chi connectivity index (χ0v) is 12.7. The number of rotatable bonds is 10. The highest BCUT2D eigenvalue weighted by Crippen LogP contribution is 2.28. The topological polar surface area (TPSA) is 68.8 Å². The van der Waals surface area contributed by atoms with Gasteiger partial charge in [0.25, 0.3) is 0 Å². The van der Waals surface area contributed by atoms with Gasteiger partial charge < -0.3 is 24.8 Å². The zero-order valence-electron chi connectivity index (χ0n) is 12.7. The minimum absolute atomic E-state index is 0.0384. The molecule has 0 aromatic heterocycles. The van der Waals surface area contributed by atoms with Crippen molar-refractivity contribution >= 4 is 5.91 Å². The van der Waals surface area contributed by atoms with E-state index in [2.05, 4.69) is 10.6 Å². The Labute approximate surface area is 121 Å². The maximum absolute atomic E-state index is 11.8. The Morgan fingerprint density at radius 2 is 1.90 bits per heavy atom. The summed E-state index contributed by atoms with van der Waals surface area (Å²) in [5, 5.41) is 6.35.